The lowest BCUT2D eigenvalue weighted by Crippen LogP contribution is -2.17. The van der Waals surface area contributed by atoms with Gasteiger partial charge in [0, 0.05) is 25.5 Å². The maximum absolute atomic E-state index is 11.8. The molecule has 0 radical (unpaired) electrons. The summed E-state index contributed by atoms with van der Waals surface area (Å²) < 4.78 is 41.7. The molecule has 0 aliphatic carbocycles. The Bertz CT molecular complexity index is 323. The van der Waals surface area contributed by atoms with E-state index in [0.717, 1.165) is 12.0 Å². The summed E-state index contributed by atoms with van der Waals surface area (Å²) >= 11 is 0. The summed E-state index contributed by atoms with van der Waals surface area (Å²) in [5.41, 5.74) is 6.56. The van der Waals surface area contributed by atoms with Crippen LogP contribution in [0, 0.1) is 0 Å². The number of nitrogens with two attached hydrogens (primary N) is 1. The number of aryl methyl sites for hydroxylation is 1. The van der Waals surface area contributed by atoms with E-state index in [4.69, 9.17) is 5.73 Å². The fourth-order valence-electron chi connectivity index (χ4n) is 1.48. The van der Waals surface area contributed by atoms with Gasteiger partial charge in [0.2, 0.25) is 0 Å². The van der Waals surface area contributed by atoms with Gasteiger partial charge in [-0.05, 0) is 31.0 Å². The third-order valence-corrected chi connectivity index (χ3v) is 2.22. The molecule has 0 aliphatic rings. The lowest BCUT2D eigenvalue weighted by atomic mass is 10.2. The Kier molecular flexibility index (Phi) is 5.50. The van der Waals surface area contributed by atoms with Gasteiger partial charge < -0.3 is 15.0 Å². The van der Waals surface area contributed by atoms with Crippen molar-refractivity contribution in [1.82, 2.24) is 4.57 Å². The number of hydrogen-bond donors (Lipinski definition) is 1. The summed E-state index contributed by atoms with van der Waals surface area (Å²) in [6.07, 6.45) is 0.998. The van der Waals surface area contributed by atoms with Gasteiger partial charge in [0.15, 0.2) is 0 Å². The van der Waals surface area contributed by atoms with Crippen molar-refractivity contribution in [3.63, 3.8) is 0 Å². The number of rotatable bonds is 7. The molecule has 0 aromatic carbocycles. The number of halogens is 3. The molecule has 17 heavy (non-hydrogen) atoms. The van der Waals surface area contributed by atoms with Crippen molar-refractivity contribution >= 4 is 0 Å². The summed E-state index contributed by atoms with van der Waals surface area (Å²) in [6, 6.07) is 1.96. The highest BCUT2D eigenvalue weighted by molar-refractivity contribution is 5.10. The monoisotopic (exact) mass is 250 g/mol. The minimum atomic E-state index is -4.23. The van der Waals surface area contributed by atoms with E-state index in [1.54, 1.807) is 0 Å². The molecule has 0 amide bonds. The number of nitrogens with zero attached hydrogens (tertiary/aromatic N) is 1. The fourth-order valence-corrected chi connectivity index (χ4v) is 1.48. The standard InChI is InChI=1S/C11H17F3N2O/c12-11(13,14)9-17-7-1-5-16-6-3-10(8-16)2-4-15/h3,6,8H,1-2,4-5,7,9,15H2. The van der Waals surface area contributed by atoms with Crippen LogP contribution in [0.1, 0.15) is 12.0 Å². The van der Waals surface area contributed by atoms with Crippen molar-refractivity contribution in [2.75, 3.05) is 19.8 Å². The average Bonchev–Trinajstić information content (AvgIpc) is 2.64. The van der Waals surface area contributed by atoms with Crippen LogP contribution in [0.25, 0.3) is 0 Å². The summed E-state index contributed by atoms with van der Waals surface area (Å²) in [6.45, 7) is 0.197. The first-order chi connectivity index (χ1) is 8.01. The lowest BCUT2D eigenvalue weighted by molar-refractivity contribution is -0.174. The highest BCUT2D eigenvalue weighted by Gasteiger charge is 2.27. The Morgan fingerprint density at radius 3 is 2.76 bits per heavy atom. The topological polar surface area (TPSA) is 40.2 Å². The summed E-state index contributed by atoms with van der Waals surface area (Å²) in [5.74, 6) is 0. The van der Waals surface area contributed by atoms with Crippen molar-refractivity contribution in [3.05, 3.63) is 24.0 Å². The predicted octanol–water partition coefficient (Wildman–Crippen LogP) is 1.96. The van der Waals surface area contributed by atoms with Gasteiger partial charge in [-0.25, -0.2) is 0 Å². The molecule has 0 atom stereocenters. The Hall–Kier alpha value is -1.01. The van der Waals surface area contributed by atoms with Crippen LogP contribution in [0.2, 0.25) is 0 Å². The molecular formula is C11H17F3N2O. The highest BCUT2D eigenvalue weighted by Crippen LogP contribution is 2.14. The predicted molar refractivity (Wildman–Crippen MR) is 58.7 cm³/mol. The van der Waals surface area contributed by atoms with Crippen molar-refractivity contribution in [2.24, 2.45) is 5.73 Å². The molecule has 0 unspecified atom stereocenters. The second-order valence-electron chi connectivity index (χ2n) is 3.82. The van der Waals surface area contributed by atoms with Gasteiger partial charge >= 0.3 is 6.18 Å². The molecule has 1 heterocycles. The van der Waals surface area contributed by atoms with E-state index in [0.29, 0.717) is 19.5 Å². The van der Waals surface area contributed by atoms with Crippen LogP contribution >= 0.6 is 0 Å². The first-order valence-corrected chi connectivity index (χ1v) is 5.50. The second-order valence-corrected chi connectivity index (χ2v) is 3.82. The summed E-state index contributed by atoms with van der Waals surface area (Å²) in [5, 5.41) is 0. The van der Waals surface area contributed by atoms with E-state index in [2.05, 4.69) is 4.74 Å². The first kappa shape index (κ1) is 14.1. The van der Waals surface area contributed by atoms with E-state index >= 15 is 0 Å². The Morgan fingerprint density at radius 1 is 1.35 bits per heavy atom. The third kappa shape index (κ3) is 6.33. The lowest BCUT2D eigenvalue weighted by Gasteiger charge is -2.07. The molecule has 0 spiro atoms. The Labute approximate surface area is 98.4 Å². The van der Waals surface area contributed by atoms with Gasteiger partial charge in [0.05, 0.1) is 0 Å². The molecule has 0 saturated carbocycles. The van der Waals surface area contributed by atoms with Crippen molar-refractivity contribution in [3.8, 4) is 0 Å². The number of hydrogen-bond acceptors (Lipinski definition) is 2. The number of alkyl halides is 3. The van der Waals surface area contributed by atoms with Crippen molar-refractivity contribution < 1.29 is 17.9 Å². The molecular weight excluding hydrogens is 233 g/mol. The molecule has 6 heteroatoms. The second kappa shape index (κ2) is 6.66. The molecule has 0 aliphatic heterocycles. The fraction of sp³-hybridized carbons (Fsp3) is 0.636. The average molecular weight is 250 g/mol. The van der Waals surface area contributed by atoms with E-state index in [1.807, 2.05) is 23.0 Å². The molecule has 1 aromatic heterocycles. The highest BCUT2D eigenvalue weighted by atomic mass is 19.4. The van der Waals surface area contributed by atoms with Crippen LogP contribution in [0.4, 0.5) is 13.2 Å². The Balaban J connectivity index is 2.13. The van der Waals surface area contributed by atoms with Gasteiger partial charge in [0.1, 0.15) is 6.61 Å². The van der Waals surface area contributed by atoms with E-state index in [9.17, 15) is 13.2 Å². The molecule has 0 fully saturated rings. The minimum Gasteiger partial charge on any atom is -0.372 e. The largest absolute Gasteiger partial charge is 0.411 e. The van der Waals surface area contributed by atoms with Crippen LogP contribution in [0.5, 0.6) is 0 Å². The van der Waals surface area contributed by atoms with E-state index < -0.39 is 12.8 Å². The molecule has 1 aromatic rings. The smallest absolute Gasteiger partial charge is 0.372 e. The molecule has 0 saturated heterocycles. The van der Waals surface area contributed by atoms with Crippen LogP contribution in [-0.4, -0.2) is 30.5 Å². The van der Waals surface area contributed by atoms with E-state index in [-0.39, 0.29) is 6.61 Å². The maximum Gasteiger partial charge on any atom is 0.411 e. The zero-order valence-electron chi connectivity index (χ0n) is 9.54. The molecule has 1 rings (SSSR count). The summed E-state index contributed by atoms with van der Waals surface area (Å²) in [4.78, 5) is 0. The molecule has 0 bridgehead atoms. The Morgan fingerprint density at radius 2 is 2.12 bits per heavy atom. The quantitative estimate of drug-likeness (QED) is 0.751. The van der Waals surface area contributed by atoms with Crippen molar-refractivity contribution in [2.45, 2.75) is 25.6 Å². The van der Waals surface area contributed by atoms with Gasteiger partial charge in [0.25, 0.3) is 0 Å². The first-order valence-electron chi connectivity index (χ1n) is 5.50. The SMILES string of the molecule is NCCc1ccn(CCCOCC(F)(F)F)c1. The van der Waals surface area contributed by atoms with E-state index in [1.165, 1.54) is 0 Å². The number of aromatic nitrogens is 1. The van der Waals surface area contributed by atoms with Gasteiger partial charge in [-0.15, -0.1) is 0 Å². The third-order valence-electron chi connectivity index (χ3n) is 2.22. The zero-order chi connectivity index (χ0) is 12.7. The summed E-state index contributed by atoms with van der Waals surface area (Å²) in [7, 11) is 0. The van der Waals surface area contributed by atoms with Crippen LogP contribution in [0.15, 0.2) is 18.5 Å². The van der Waals surface area contributed by atoms with Gasteiger partial charge in [-0.1, -0.05) is 0 Å². The number of ether oxygens (including phenoxy) is 1. The van der Waals surface area contributed by atoms with Gasteiger partial charge in [-0.2, -0.15) is 13.2 Å². The van der Waals surface area contributed by atoms with Crippen molar-refractivity contribution in [1.29, 1.82) is 0 Å². The molecule has 3 nitrogen and oxygen atoms in total. The molecule has 98 valence electrons. The maximum atomic E-state index is 11.8. The molecule has 2 N–H and O–H groups in total. The van der Waals surface area contributed by atoms with Gasteiger partial charge in [-0.3, -0.25) is 0 Å². The van der Waals surface area contributed by atoms with Crippen LogP contribution in [0.3, 0.4) is 0 Å². The minimum absolute atomic E-state index is 0.115. The van der Waals surface area contributed by atoms with Crippen LogP contribution in [-0.2, 0) is 17.7 Å². The normalized spacial score (nSPS) is 12.0. The zero-order valence-corrected chi connectivity index (χ0v) is 9.54. The van der Waals surface area contributed by atoms with Crippen LogP contribution < -0.4 is 5.73 Å².